The Morgan fingerprint density at radius 2 is 1.76 bits per heavy atom. The van der Waals surface area contributed by atoms with Crippen LogP contribution >= 0.6 is 11.8 Å². The largest absolute Gasteiger partial charge is 0.416 e. The molecule has 4 aromatic rings. The minimum absolute atomic E-state index is 0.339. The van der Waals surface area contributed by atoms with Gasteiger partial charge in [-0.15, -0.1) is 0 Å². The minimum atomic E-state index is -4.67. The summed E-state index contributed by atoms with van der Waals surface area (Å²) in [5, 5.41) is 4.51. The number of carbonyl (C=O) groups is 1. The van der Waals surface area contributed by atoms with Gasteiger partial charge in [0, 0.05) is 21.7 Å². The highest BCUT2D eigenvalue weighted by Gasteiger charge is 2.31. The second-order valence-electron chi connectivity index (χ2n) is 6.65. The van der Waals surface area contributed by atoms with Crippen LogP contribution in [0.4, 0.5) is 33.7 Å². The number of fused-ring (bicyclic) bond motifs is 1. The molecule has 4 rings (SSSR count). The average Bonchev–Trinajstić information content (AvgIpc) is 2.76. The average molecular weight is 475 g/mol. The van der Waals surface area contributed by atoms with Crippen LogP contribution in [0.2, 0.25) is 0 Å². The Hall–Kier alpha value is -3.93. The number of benzene rings is 2. The molecule has 0 aliphatic rings. The van der Waals surface area contributed by atoms with E-state index >= 15 is 0 Å². The maximum absolute atomic E-state index is 13.8. The van der Waals surface area contributed by atoms with Crippen LogP contribution in [0, 0.1) is 5.82 Å². The SMILES string of the molecule is O=C(Nc1ccc(Sc2ccnc3[nH]c(=O)cnc23)cc1)Nc1cc(C(F)(F)F)ccc1F. The fourth-order valence-corrected chi connectivity index (χ4v) is 3.72. The Morgan fingerprint density at radius 3 is 2.48 bits per heavy atom. The van der Waals surface area contributed by atoms with Gasteiger partial charge in [-0.05, 0) is 48.5 Å². The van der Waals surface area contributed by atoms with E-state index < -0.39 is 29.3 Å². The van der Waals surface area contributed by atoms with Gasteiger partial charge in [0.1, 0.15) is 11.3 Å². The monoisotopic (exact) mass is 475 g/mol. The Bertz CT molecular complexity index is 1390. The zero-order chi connectivity index (χ0) is 23.6. The van der Waals surface area contributed by atoms with Crippen LogP contribution in [0.5, 0.6) is 0 Å². The number of hydrogen-bond acceptors (Lipinski definition) is 5. The molecule has 12 heteroatoms. The summed E-state index contributed by atoms with van der Waals surface area (Å²) in [4.78, 5) is 35.8. The molecule has 0 atom stereocenters. The first-order valence-electron chi connectivity index (χ1n) is 9.26. The number of halogens is 4. The number of rotatable bonds is 4. The van der Waals surface area contributed by atoms with Gasteiger partial charge in [-0.25, -0.2) is 19.2 Å². The lowest BCUT2D eigenvalue weighted by Gasteiger charge is -2.12. The van der Waals surface area contributed by atoms with E-state index in [1.807, 2.05) is 0 Å². The Balaban J connectivity index is 1.44. The van der Waals surface area contributed by atoms with Crippen LogP contribution in [0.25, 0.3) is 11.2 Å². The van der Waals surface area contributed by atoms with Crippen LogP contribution in [0.3, 0.4) is 0 Å². The first-order chi connectivity index (χ1) is 15.7. The third-order valence-electron chi connectivity index (χ3n) is 4.32. The summed E-state index contributed by atoms with van der Waals surface area (Å²) in [5.41, 5.74) is -0.828. The lowest BCUT2D eigenvalue weighted by atomic mass is 10.2. The van der Waals surface area contributed by atoms with Gasteiger partial charge in [-0.1, -0.05) is 11.8 Å². The first kappa shape index (κ1) is 22.3. The fraction of sp³-hybridized carbons (Fsp3) is 0.0476. The van der Waals surface area contributed by atoms with Gasteiger partial charge < -0.3 is 15.6 Å². The number of pyridine rings is 1. The molecule has 168 valence electrons. The zero-order valence-corrected chi connectivity index (χ0v) is 17.2. The smallest absolute Gasteiger partial charge is 0.308 e. The molecule has 2 aromatic heterocycles. The highest BCUT2D eigenvalue weighted by atomic mass is 32.2. The van der Waals surface area contributed by atoms with Crippen LogP contribution in [-0.4, -0.2) is 21.0 Å². The number of H-pyrrole nitrogens is 1. The number of carbonyl (C=O) groups excluding carboxylic acids is 1. The summed E-state index contributed by atoms with van der Waals surface area (Å²) < 4.78 is 52.2. The van der Waals surface area contributed by atoms with Crippen LogP contribution in [0.15, 0.2) is 75.5 Å². The molecule has 2 aromatic carbocycles. The van der Waals surface area contributed by atoms with Crippen molar-refractivity contribution in [1.29, 1.82) is 0 Å². The molecule has 0 saturated carbocycles. The molecule has 0 aliphatic heterocycles. The number of nitrogens with one attached hydrogen (secondary N) is 3. The Labute approximate surface area is 187 Å². The molecule has 3 N–H and O–H groups in total. The number of anilines is 2. The predicted molar refractivity (Wildman–Crippen MR) is 115 cm³/mol. The molecule has 0 radical (unpaired) electrons. The summed E-state index contributed by atoms with van der Waals surface area (Å²) >= 11 is 1.35. The van der Waals surface area contributed by atoms with Gasteiger partial charge in [0.2, 0.25) is 0 Å². The van der Waals surface area contributed by atoms with Crippen LogP contribution in [0.1, 0.15) is 5.56 Å². The standard InChI is InChI=1S/C21H13F4N5O2S/c22-14-6-1-11(21(23,24)25)9-15(14)29-20(32)28-12-2-4-13(5-3-12)33-16-7-8-26-19-18(16)27-10-17(31)30-19/h1-10H,(H,26,30,31)(H2,28,29,32). The quantitative estimate of drug-likeness (QED) is 0.349. The van der Waals surface area contributed by atoms with Crippen molar-refractivity contribution in [3.63, 3.8) is 0 Å². The molecule has 0 spiro atoms. The third kappa shape index (κ3) is 5.29. The van der Waals surface area contributed by atoms with Crippen molar-refractivity contribution >= 4 is 40.3 Å². The molecule has 0 fully saturated rings. The van der Waals surface area contributed by atoms with E-state index in [-0.39, 0.29) is 5.56 Å². The highest BCUT2D eigenvalue weighted by Crippen LogP contribution is 2.33. The molecular formula is C21H13F4N5O2S. The van der Waals surface area contributed by atoms with Crippen LogP contribution < -0.4 is 16.2 Å². The third-order valence-corrected chi connectivity index (χ3v) is 5.38. The zero-order valence-electron chi connectivity index (χ0n) is 16.4. The summed E-state index contributed by atoms with van der Waals surface area (Å²) in [7, 11) is 0. The van der Waals surface area contributed by atoms with E-state index in [4.69, 9.17) is 0 Å². The van der Waals surface area contributed by atoms with E-state index in [9.17, 15) is 27.2 Å². The number of amides is 2. The molecule has 0 saturated heterocycles. The molecule has 2 heterocycles. The van der Waals surface area contributed by atoms with Gasteiger partial charge in [0.05, 0.1) is 17.4 Å². The highest BCUT2D eigenvalue weighted by molar-refractivity contribution is 7.99. The number of nitrogens with zero attached hydrogens (tertiary/aromatic N) is 2. The van der Waals surface area contributed by atoms with Gasteiger partial charge in [-0.3, -0.25) is 4.79 Å². The number of hydrogen-bond donors (Lipinski definition) is 3. The van der Waals surface area contributed by atoms with Gasteiger partial charge >= 0.3 is 12.2 Å². The van der Waals surface area contributed by atoms with Gasteiger partial charge in [0.25, 0.3) is 5.56 Å². The Kier molecular flexibility index (Phi) is 6.01. The molecule has 33 heavy (non-hydrogen) atoms. The predicted octanol–water partition coefficient (Wildman–Crippen LogP) is 5.27. The van der Waals surface area contributed by atoms with E-state index in [1.54, 1.807) is 30.3 Å². The molecule has 7 nitrogen and oxygen atoms in total. The summed E-state index contributed by atoms with van der Waals surface area (Å²) in [6.45, 7) is 0. The number of urea groups is 1. The second-order valence-corrected chi connectivity index (χ2v) is 7.77. The lowest BCUT2D eigenvalue weighted by Crippen LogP contribution is -2.20. The molecule has 0 aliphatic carbocycles. The summed E-state index contributed by atoms with van der Waals surface area (Å²) in [6.07, 6.45) is -1.97. The number of aromatic nitrogens is 3. The molecular weight excluding hydrogens is 462 g/mol. The topological polar surface area (TPSA) is 99.8 Å². The lowest BCUT2D eigenvalue weighted by molar-refractivity contribution is -0.137. The van der Waals surface area contributed by atoms with Crippen LogP contribution in [-0.2, 0) is 6.18 Å². The normalized spacial score (nSPS) is 11.4. The van der Waals surface area contributed by atoms with Crippen molar-refractivity contribution in [3.8, 4) is 0 Å². The van der Waals surface area contributed by atoms with E-state index in [0.29, 0.717) is 35.1 Å². The van der Waals surface area contributed by atoms with Crippen molar-refractivity contribution in [2.75, 3.05) is 10.6 Å². The summed E-state index contributed by atoms with van der Waals surface area (Å²) in [5.74, 6) is -0.996. The number of aromatic amines is 1. The molecule has 2 amide bonds. The van der Waals surface area contributed by atoms with Crippen molar-refractivity contribution in [2.45, 2.75) is 16.0 Å². The van der Waals surface area contributed by atoms with Gasteiger partial charge in [0.15, 0.2) is 5.65 Å². The van der Waals surface area contributed by atoms with Crippen molar-refractivity contribution in [1.82, 2.24) is 15.0 Å². The fourth-order valence-electron chi connectivity index (χ4n) is 2.82. The first-order valence-corrected chi connectivity index (χ1v) is 10.1. The Morgan fingerprint density at radius 1 is 1.00 bits per heavy atom. The van der Waals surface area contributed by atoms with E-state index in [0.717, 1.165) is 16.0 Å². The maximum atomic E-state index is 13.8. The van der Waals surface area contributed by atoms with E-state index in [1.165, 1.54) is 18.0 Å². The summed E-state index contributed by atoms with van der Waals surface area (Å²) in [6, 6.07) is 9.13. The van der Waals surface area contributed by atoms with E-state index in [2.05, 4.69) is 25.6 Å². The molecule has 0 unspecified atom stereocenters. The second kappa shape index (κ2) is 8.90. The van der Waals surface area contributed by atoms with Gasteiger partial charge in [-0.2, -0.15) is 13.2 Å². The maximum Gasteiger partial charge on any atom is 0.416 e. The van der Waals surface area contributed by atoms with Crippen molar-refractivity contribution in [2.24, 2.45) is 0 Å². The minimum Gasteiger partial charge on any atom is -0.308 e. The van der Waals surface area contributed by atoms with Crippen molar-refractivity contribution < 1.29 is 22.4 Å². The molecule has 0 bridgehead atoms. The number of alkyl halides is 3. The van der Waals surface area contributed by atoms with Crippen molar-refractivity contribution in [3.05, 3.63) is 82.7 Å².